The predicted octanol–water partition coefficient (Wildman–Crippen LogP) is 4.59. The van der Waals surface area contributed by atoms with Crippen molar-refractivity contribution in [2.45, 2.75) is 34.6 Å². The van der Waals surface area contributed by atoms with Crippen molar-refractivity contribution in [3.8, 4) is 0 Å². The standard InChI is InChI=1S/C15H20/c1-6-11(2)7-8-15-10-12(3)9-13(4)14(15)5/h6-10H,1-5H3/b8-7-,11-6-. The van der Waals surface area contributed by atoms with Gasteiger partial charge in [-0.25, -0.2) is 0 Å². The van der Waals surface area contributed by atoms with Gasteiger partial charge >= 0.3 is 0 Å². The van der Waals surface area contributed by atoms with Crippen molar-refractivity contribution in [1.82, 2.24) is 0 Å². The van der Waals surface area contributed by atoms with Crippen LogP contribution < -0.4 is 0 Å². The highest BCUT2D eigenvalue weighted by Crippen LogP contribution is 2.17. The van der Waals surface area contributed by atoms with Gasteiger partial charge in [0.2, 0.25) is 0 Å². The van der Waals surface area contributed by atoms with E-state index in [2.05, 4.69) is 65.0 Å². The summed E-state index contributed by atoms with van der Waals surface area (Å²) < 4.78 is 0. The van der Waals surface area contributed by atoms with Gasteiger partial charge in [-0.05, 0) is 51.3 Å². The van der Waals surface area contributed by atoms with E-state index in [1.165, 1.54) is 27.8 Å². The molecule has 1 rings (SSSR count). The summed E-state index contributed by atoms with van der Waals surface area (Å²) in [7, 11) is 0. The van der Waals surface area contributed by atoms with Crippen molar-refractivity contribution in [2.24, 2.45) is 0 Å². The normalized spacial score (nSPS) is 12.5. The Morgan fingerprint density at radius 3 is 2.40 bits per heavy atom. The quantitative estimate of drug-likeness (QED) is 0.612. The van der Waals surface area contributed by atoms with Crippen LogP contribution in [0, 0.1) is 20.8 Å². The first kappa shape index (κ1) is 11.8. The van der Waals surface area contributed by atoms with Crippen molar-refractivity contribution in [3.05, 3.63) is 52.1 Å². The van der Waals surface area contributed by atoms with Crippen molar-refractivity contribution >= 4 is 6.08 Å². The minimum atomic E-state index is 1.30. The first-order valence-electron chi connectivity index (χ1n) is 5.43. The monoisotopic (exact) mass is 200 g/mol. The molecule has 0 unspecified atom stereocenters. The van der Waals surface area contributed by atoms with E-state index in [0.29, 0.717) is 0 Å². The van der Waals surface area contributed by atoms with E-state index >= 15 is 0 Å². The minimum absolute atomic E-state index is 1.30. The maximum absolute atomic E-state index is 2.24. The van der Waals surface area contributed by atoms with E-state index < -0.39 is 0 Å². The smallest absolute Gasteiger partial charge is 0.0222 e. The first-order valence-corrected chi connectivity index (χ1v) is 5.43. The molecule has 0 atom stereocenters. The van der Waals surface area contributed by atoms with Crippen LogP contribution in [0.5, 0.6) is 0 Å². The number of allylic oxidation sites excluding steroid dienone is 3. The zero-order valence-corrected chi connectivity index (χ0v) is 10.4. The van der Waals surface area contributed by atoms with Crippen molar-refractivity contribution < 1.29 is 0 Å². The molecule has 0 aliphatic carbocycles. The molecule has 0 N–H and O–H groups in total. The van der Waals surface area contributed by atoms with Crippen molar-refractivity contribution in [3.63, 3.8) is 0 Å². The van der Waals surface area contributed by atoms with Crippen LogP contribution in [0.1, 0.15) is 36.1 Å². The summed E-state index contributed by atoms with van der Waals surface area (Å²) in [5.41, 5.74) is 6.70. The molecule has 1 aromatic rings. The maximum atomic E-state index is 2.24. The average Bonchev–Trinajstić information content (AvgIpc) is 2.20. The molecule has 0 fully saturated rings. The van der Waals surface area contributed by atoms with Gasteiger partial charge in [-0.15, -0.1) is 0 Å². The summed E-state index contributed by atoms with van der Waals surface area (Å²) in [6.07, 6.45) is 6.49. The van der Waals surface area contributed by atoms with Crippen LogP contribution >= 0.6 is 0 Å². The van der Waals surface area contributed by atoms with Crippen LogP contribution in [0.25, 0.3) is 6.08 Å². The Labute approximate surface area is 93.3 Å². The van der Waals surface area contributed by atoms with E-state index in [1.54, 1.807) is 0 Å². The van der Waals surface area contributed by atoms with E-state index in [1.807, 2.05) is 0 Å². The van der Waals surface area contributed by atoms with Gasteiger partial charge in [0.15, 0.2) is 0 Å². The lowest BCUT2D eigenvalue weighted by molar-refractivity contribution is 1.28. The molecule has 0 heterocycles. The fraction of sp³-hybridized carbons (Fsp3) is 0.333. The first-order chi connectivity index (χ1) is 7.04. The zero-order valence-electron chi connectivity index (χ0n) is 10.4. The highest BCUT2D eigenvalue weighted by atomic mass is 14.0. The van der Waals surface area contributed by atoms with E-state index in [0.717, 1.165) is 0 Å². The number of hydrogen-bond acceptors (Lipinski definition) is 0. The van der Waals surface area contributed by atoms with Crippen molar-refractivity contribution in [1.29, 1.82) is 0 Å². The van der Waals surface area contributed by atoms with E-state index in [4.69, 9.17) is 0 Å². The maximum Gasteiger partial charge on any atom is -0.0222 e. The molecule has 0 aromatic heterocycles. The molecule has 0 aliphatic rings. The molecule has 0 nitrogen and oxygen atoms in total. The second-order valence-corrected chi connectivity index (χ2v) is 4.16. The van der Waals surface area contributed by atoms with Crippen LogP contribution in [0.4, 0.5) is 0 Å². The molecule has 0 bridgehead atoms. The molecule has 80 valence electrons. The summed E-state index contributed by atoms with van der Waals surface area (Å²) in [5.74, 6) is 0. The molecule has 0 saturated heterocycles. The minimum Gasteiger partial charge on any atom is -0.0847 e. The lowest BCUT2D eigenvalue weighted by atomic mass is 9.99. The molecule has 0 heteroatoms. The lowest BCUT2D eigenvalue weighted by Gasteiger charge is -2.06. The largest absolute Gasteiger partial charge is 0.0847 e. The second-order valence-electron chi connectivity index (χ2n) is 4.16. The number of hydrogen-bond donors (Lipinski definition) is 0. The summed E-state index contributed by atoms with van der Waals surface area (Å²) in [5, 5.41) is 0. The van der Waals surface area contributed by atoms with Gasteiger partial charge in [-0.2, -0.15) is 0 Å². The Morgan fingerprint density at radius 1 is 1.13 bits per heavy atom. The van der Waals surface area contributed by atoms with Gasteiger partial charge in [-0.3, -0.25) is 0 Å². The molecule has 0 radical (unpaired) electrons. The van der Waals surface area contributed by atoms with Crippen LogP contribution in [0.15, 0.2) is 29.9 Å². The predicted molar refractivity (Wildman–Crippen MR) is 69.1 cm³/mol. The lowest BCUT2D eigenvalue weighted by Crippen LogP contribution is -1.88. The van der Waals surface area contributed by atoms with Gasteiger partial charge in [0, 0.05) is 0 Å². The SMILES string of the molecule is C/C=C(C)\C=C/c1cc(C)cc(C)c1C. The Morgan fingerprint density at radius 2 is 1.80 bits per heavy atom. The van der Waals surface area contributed by atoms with Gasteiger partial charge in [0.25, 0.3) is 0 Å². The molecule has 0 aliphatic heterocycles. The Hall–Kier alpha value is -1.30. The highest BCUT2D eigenvalue weighted by Gasteiger charge is 1.99. The summed E-state index contributed by atoms with van der Waals surface area (Å²) in [6.45, 7) is 10.7. The highest BCUT2D eigenvalue weighted by molar-refractivity contribution is 5.59. The Kier molecular flexibility index (Phi) is 3.90. The summed E-state index contributed by atoms with van der Waals surface area (Å²) >= 11 is 0. The van der Waals surface area contributed by atoms with Gasteiger partial charge in [0.1, 0.15) is 0 Å². The molecule has 15 heavy (non-hydrogen) atoms. The molecule has 0 spiro atoms. The van der Waals surface area contributed by atoms with Gasteiger partial charge in [-0.1, -0.05) is 41.5 Å². The molecule has 1 aromatic carbocycles. The molecular formula is C15H20. The molecule has 0 amide bonds. The third-order valence-corrected chi connectivity index (χ3v) is 2.83. The second kappa shape index (κ2) is 4.97. The summed E-state index contributed by atoms with van der Waals surface area (Å²) in [6, 6.07) is 4.47. The fourth-order valence-electron chi connectivity index (χ4n) is 1.56. The average molecular weight is 200 g/mol. The Balaban J connectivity index is 3.10. The molecule has 0 saturated carbocycles. The van der Waals surface area contributed by atoms with Crippen molar-refractivity contribution in [2.75, 3.05) is 0 Å². The summed E-state index contributed by atoms with van der Waals surface area (Å²) in [4.78, 5) is 0. The number of benzene rings is 1. The van der Waals surface area contributed by atoms with Crippen LogP contribution in [0.3, 0.4) is 0 Å². The number of aryl methyl sites for hydroxylation is 2. The van der Waals surface area contributed by atoms with Crippen LogP contribution in [-0.4, -0.2) is 0 Å². The fourth-order valence-corrected chi connectivity index (χ4v) is 1.56. The van der Waals surface area contributed by atoms with E-state index in [-0.39, 0.29) is 0 Å². The van der Waals surface area contributed by atoms with E-state index in [9.17, 15) is 0 Å². The molecular weight excluding hydrogens is 180 g/mol. The number of rotatable bonds is 2. The van der Waals surface area contributed by atoms with Crippen LogP contribution in [-0.2, 0) is 0 Å². The third-order valence-electron chi connectivity index (χ3n) is 2.83. The Bertz CT molecular complexity index is 406. The third kappa shape index (κ3) is 3.09. The van der Waals surface area contributed by atoms with Gasteiger partial charge < -0.3 is 0 Å². The van der Waals surface area contributed by atoms with Gasteiger partial charge in [0.05, 0.1) is 0 Å². The van der Waals surface area contributed by atoms with Crippen LogP contribution in [0.2, 0.25) is 0 Å². The topological polar surface area (TPSA) is 0 Å². The zero-order chi connectivity index (χ0) is 11.4.